The zero-order valence-corrected chi connectivity index (χ0v) is 30.4. The quantitative estimate of drug-likeness (QED) is 0.217. The fraction of sp³-hybridized carbons (Fsp3) is 0.333. The summed E-state index contributed by atoms with van der Waals surface area (Å²) in [5, 5.41) is 15.1. The van der Waals surface area contributed by atoms with E-state index in [1.165, 1.54) is 9.80 Å². The van der Waals surface area contributed by atoms with Gasteiger partial charge in [0.1, 0.15) is 11.5 Å². The number of carbonyl (C=O) groups is 4. The highest BCUT2D eigenvalue weighted by Crippen LogP contribution is 2.33. The number of terminal acetylenes is 2. The van der Waals surface area contributed by atoms with Crippen molar-refractivity contribution in [3.63, 3.8) is 0 Å². The summed E-state index contributed by atoms with van der Waals surface area (Å²) in [6.45, 7) is 11.1. The first kappa shape index (κ1) is 41.1. The van der Waals surface area contributed by atoms with Crippen molar-refractivity contribution < 1.29 is 29.0 Å². The Labute approximate surface area is 293 Å². The van der Waals surface area contributed by atoms with Crippen LogP contribution in [0.2, 0.25) is 0 Å². The van der Waals surface area contributed by atoms with Gasteiger partial charge in [0, 0.05) is 39.3 Å². The SMILES string of the molecule is C#Cc1cc(C)c(C2=C(O)C(C)NC2=O)c(C)c1.C#Cc1cc(C)c(C2=C(OC(=O)N(C)C)C(C)NC2=O)c(C)c1.CN(C)C(=O)Cl.Cl. The molecule has 4 amide bonds. The zero-order chi connectivity index (χ0) is 35.9. The molecule has 12 heteroatoms. The molecule has 2 aromatic rings. The maximum atomic E-state index is 12.4. The number of halogens is 2. The van der Waals surface area contributed by atoms with Gasteiger partial charge in [-0.25, -0.2) is 4.79 Å². The molecular formula is C36H42Cl2N4O6. The highest BCUT2D eigenvalue weighted by molar-refractivity contribution is 6.62. The number of rotatable bonds is 3. The first-order valence-electron chi connectivity index (χ1n) is 14.6. The van der Waals surface area contributed by atoms with Crippen LogP contribution in [0.15, 0.2) is 35.8 Å². The molecule has 2 aliphatic rings. The number of nitrogens with zero attached hydrogens (tertiary/aromatic N) is 2. The Morgan fingerprint density at radius 2 is 1.12 bits per heavy atom. The van der Waals surface area contributed by atoms with E-state index < -0.39 is 11.5 Å². The molecule has 0 fully saturated rings. The molecule has 0 aliphatic carbocycles. The highest BCUT2D eigenvalue weighted by atomic mass is 35.5. The number of aliphatic hydroxyl groups is 1. The third-order valence-electron chi connectivity index (χ3n) is 7.27. The maximum absolute atomic E-state index is 12.4. The molecule has 10 nitrogen and oxygen atoms in total. The Morgan fingerprint density at radius 1 is 0.771 bits per heavy atom. The van der Waals surface area contributed by atoms with Crippen LogP contribution in [0, 0.1) is 52.4 Å². The van der Waals surface area contributed by atoms with Gasteiger partial charge in [-0.1, -0.05) is 11.8 Å². The second-order valence-corrected chi connectivity index (χ2v) is 11.9. The number of ether oxygens (including phenoxy) is 1. The monoisotopic (exact) mass is 696 g/mol. The third kappa shape index (κ3) is 9.57. The lowest BCUT2D eigenvalue weighted by molar-refractivity contribution is -0.116. The molecule has 0 bridgehead atoms. The van der Waals surface area contributed by atoms with E-state index in [1.807, 2.05) is 52.0 Å². The van der Waals surface area contributed by atoms with E-state index >= 15 is 0 Å². The Morgan fingerprint density at radius 3 is 1.44 bits per heavy atom. The Balaban J connectivity index is 0.000000411. The number of nitrogens with one attached hydrogen (secondary N) is 2. The van der Waals surface area contributed by atoms with E-state index in [1.54, 1.807) is 42.0 Å². The van der Waals surface area contributed by atoms with Gasteiger partial charge in [0.2, 0.25) is 0 Å². The molecule has 0 radical (unpaired) electrons. The number of benzene rings is 2. The minimum atomic E-state index is -0.517. The summed E-state index contributed by atoms with van der Waals surface area (Å²) < 4.78 is 5.43. The second kappa shape index (κ2) is 17.3. The van der Waals surface area contributed by atoms with Gasteiger partial charge in [-0.05, 0) is 111 Å². The maximum Gasteiger partial charge on any atom is 0.414 e. The Hall–Kier alpha value is -4.90. The molecule has 0 saturated carbocycles. The molecule has 48 heavy (non-hydrogen) atoms. The number of hydrogen-bond donors (Lipinski definition) is 3. The molecule has 2 aliphatic heterocycles. The van der Waals surface area contributed by atoms with E-state index in [-0.39, 0.29) is 42.1 Å². The van der Waals surface area contributed by atoms with Gasteiger partial charge in [0.05, 0.1) is 23.2 Å². The Bertz CT molecular complexity index is 1720. The van der Waals surface area contributed by atoms with Crippen LogP contribution in [0.1, 0.15) is 58.4 Å². The van der Waals surface area contributed by atoms with E-state index in [2.05, 4.69) is 22.5 Å². The predicted octanol–water partition coefficient (Wildman–Crippen LogP) is 5.61. The molecule has 0 aromatic heterocycles. The first-order chi connectivity index (χ1) is 21.9. The highest BCUT2D eigenvalue weighted by Gasteiger charge is 2.35. The van der Waals surface area contributed by atoms with Gasteiger partial charge in [0.15, 0.2) is 0 Å². The topological polar surface area (TPSA) is 128 Å². The second-order valence-electron chi connectivity index (χ2n) is 11.6. The standard InChI is InChI=1S/C18H20N2O3.C15H15NO2.C3H6ClNO.ClH/c1-7-13-8-10(2)14(11(3)9-13)15-16(12(4)19-17(15)21)23-18(22)20(5)6;1-5-11-6-8(2)12(9(3)7-11)13-14(17)10(4)16-15(13)18;1-5(2)3(4)6;/h1,8-9,12H,2-6H3,(H,19,21);1,6-7,10,17H,2-4H3,(H,16,18);1-2H3;1H. The van der Waals surface area contributed by atoms with Crippen molar-refractivity contribution in [3.8, 4) is 24.7 Å². The minimum Gasteiger partial charge on any atom is -0.509 e. The largest absolute Gasteiger partial charge is 0.509 e. The van der Waals surface area contributed by atoms with Crippen LogP contribution in [-0.4, -0.2) is 78.5 Å². The average molecular weight is 698 g/mol. The van der Waals surface area contributed by atoms with E-state index in [0.717, 1.165) is 44.5 Å². The molecule has 256 valence electrons. The average Bonchev–Trinajstić information content (AvgIpc) is 3.39. The van der Waals surface area contributed by atoms with Gasteiger partial charge in [-0.15, -0.1) is 25.3 Å². The summed E-state index contributed by atoms with van der Waals surface area (Å²) in [5.41, 5.74) is 7.35. The van der Waals surface area contributed by atoms with E-state index in [4.69, 9.17) is 29.2 Å². The lowest BCUT2D eigenvalue weighted by Gasteiger charge is -2.16. The van der Waals surface area contributed by atoms with Gasteiger partial charge in [-0.3, -0.25) is 14.4 Å². The molecule has 4 rings (SSSR count). The van der Waals surface area contributed by atoms with Gasteiger partial charge >= 0.3 is 11.5 Å². The van der Waals surface area contributed by atoms with Crippen molar-refractivity contribution in [1.82, 2.24) is 20.4 Å². The third-order valence-corrected chi connectivity index (χ3v) is 7.61. The van der Waals surface area contributed by atoms with Crippen LogP contribution in [0.3, 0.4) is 0 Å². The van der Waals surface area contributed by atoms with Gasteiger partial charge < -0.3 is 30.3 Å². The fourth-order valence-electron chi connectivity index (χ4n) is 5.02. The van der Waals surface area contributed by atoms with Crippen molar-refractivity contribution in [2.24, 2.45) is 0 Å². The molecule has 0 spiro atoms. The Kier molecular flexibility index (Phi) is 14.8. The summed E-state index contributed by atoms with van der Waals surface area (Å²) in [7, 11) is 6.37. The number of aryl methyl sites for hydroxylation is 4. The van der Waals surface area contributed by atoms with Gasteiger partial charge in [-0.2, -0.15) is 0 Å². The first-order valence-corrected chi connectivity index (χ1v) is 14.9. The van der Waals surface area contributed by atoms with Crippen molar-refractivity contribution in [2.75, 3.05) is 28.2 Å². The van der Waals surface area contributed by atoms with Crippen molar-refractivity contribution in [2.45, 2.75) is 53.6 Å². The summed E-state index contributed by atoms with van der Waals surface area (Å²) >= 11 is 4.90. The zero-order valence-electron chi connectivity index (χ0n) is 28.8. The lowest BCUT2D eigenvalue weighted by atomic mass is 9.93. The smallest absolute Gasteiger partial charge is 0.414 e. The minimum absolute atomic E-state index is 0. The van der Waals surface area contributed by atoms with Crippen LogP contribution < -0.4 is 10.6 Å². The van der Waals surface area contributed by atoms with Crippen molar-refractivity contribution in [1.29, 1.82) is 0 Å². The molecule has 2 heterocycles. The summed E-state index contributed by atoms with van der Waals surface area (Å²) in [4.78, 5) is 48.6. The molecule has 2 atom stereocenters. The van der Waals surface area contributed by atoms with Crippen LogP contribution in [-0.2, 0) is 14.3 Å². The molecule has 0 saturated heterocycles. The van der Waals surface area contributed by atoms with Crippen LogP contribution in [0.25, 0.3) is 11.1 Å². The molecule has 2 aromatic carbocycles. The fourth-order valence-corrected chi connectivity index (χ4v) is 5.02. The summed E-state index contributed by atoms with van der Waals surface area (Å²) in [6.07, 6.45) is 10.3. The van der Waals surface area contributed by atoms with E-state index in [9.17, 15) is 24.3 Å². The van der Waals surface area contributed by atoms with Crippen LogP contribution in [0.4, 0.5) is 9.59 Å². The van der Waals surface area contributed by atoms with E-state index in [0.29, 0.717) is 16.9 Å². The van der Waals surface area contributed by atoms with Crippen molar-refractivity contribution >= 4 is 58.4 Å². The number of aliphatic hydroxyl groups excluding tert-OH is 1. The molecule has 3 N–H and O–H groups in total. The van der Waals surface area contributed by atoms with Crippen LogP contribution >= 0.6 is 24.0 Å². The normalized spacial score (nSPS) is 16.1. The molecule has 2 unspecified atom stereocenters. The predicted molar refractivity (Wildman–Crippen MR) is 192 cm³/mol. The lowest BCUT2D eigenvalue weighted by Crippen LogP contribution is -2.29. The van der Waals surface area contributed by atoms with Gasteiger partial charge in [0.25, 0.3) is 11.8 Å². The number of amides is 4. The van der Waals surface area contributed by atoms with Crippen LogP contribution in [0.5, 0.6) is 0 Å². The summed E-state index contributed by atoms with van der Waals surface area (Å²) in [6, 6.07) is 6.68. The summed E-state index contributed by atoms with van der Waals surface area (Å²) in [5.74, 6) is 5.12. The molecular weight excluding hydrogens is 655 g/mol. The van der Waals surface area contributed by atoms with Crippen molar-refractivity contribution in [3.05, 3.63) is 80.3 Å². The number of carbonyl (C=O) groups excluding carboxylic acids is 4. The number of hydrogen-bond acceptors (Lipinski definition) is 6.